The van der Waals surface area contributed by atoms with Gasteiger partial charge in [-0.3, -0.25) is 4.90 Å². The van der Waals surface area contributed by atoms with Crippen LogP contribution >= 0.6 is 0 Å². The van der Waals surface area contributed by atoms with Crippen molar-refractivity contribution in [2.75, 3.05) is 31.1 Å². The van der Waals surface area contributed by atoms with E-state index in [1.165, 1.54) is 11.1 Å². The molecular weight excluding hydrogens is 374 g/mol. The van der Waals surface area contributed by atoms with E-state index in [0.29, 0.717) is 11.1 Å². The van der Waals surface area contributed by atoms with E-state index < -0.39 is 5.97 Å². The van der Waals surface area contributed by atoms with Crippen LogP contribution in [-0.4, -0.2) is 42.2 Å². The molecule has 5 nitrogen and oxygen atoms in total. The quantitative estimate of drug-likeness (QED) is 0.697. The van der Waals surface area contributed by atoms with Crippen LogP contribution in [0.25, 0.3) is 11.1 Å². The van der Waals surface area contributed by atoms with Gasteiger partial charge in [0.15, 0.2) is 0 Å². The SMILES string of the molecule is N#Cc1cccc(-c2ccccc2CN2CCN(c3ccc(C(=O)O)cc3)CC2)c1. The standard InChI is InChI=1S/C25H23N3O2/c26-17-19-4-3-6-21(16-19)24-7-2-1-5-22(24)18-27-12-14-28(15-13-27)23-10-8-20(9-11-23)25(29)30/h1-11,16H,12-15,18H2,(H,29,30). The zero-order valence-electron chi connectivity index (χ0n) is 16.7. The monoisotopic (exact) mass is 397 g/mol. The van der Waals surface area contributed by atoms with E-state index in [0.717, 1.165) is 44.0 Å². The van der Waals surface area contributed by atoms with Gasteiger partial charge in [-0.1, -0.05) is 36.4 Å². The maximum atomic E-state index is 11.0. The number of benzene rings is 3. The van der Waals surface area contributed by atoms with Crippen molar-refractivity contribution >= 4 is 11.7 Å². The molecule has 0 unspecified atom stereocenters. The molecule has 1 aliphatic rings. The topological polar surface area (TPSA) is 67.6 Å². The van der Waals surface area contributed by atoms with E-state index in [2.05, 4.69) is 40.1 Å². The summed E-state index contributed by atoms with van der Waals surface area (Å²) in [5, 5.41) is 18.3. The van der Waals surface area contributed by atoms with Gasteiger partial charge in [0.05, 0.1) is 17.2 Å². The van der Waals surface area contributed by atoms with Crippen LogP contribution < -0.4 is 4.90 Å². The average Bonchev–Trinajstić information content (AvgIpc) is 2.80. The molecule has 0 bridgehead atoms. The minimum absolute atomic E-state index is 0.314. The van der Waals surface area contributed by atoms with Gasteiger partial charge in [-0.05, 0) is 53.1 Å². The zero-order chi connectivity index (χ0) is 20.9. The van der Waals surface area contributed by atoms with Gasteiger partial charge in [0.2, 0.25) is 0 Å². The second-order valence-corrected chi connectivity index (χ2v) is 7.46. The van der Waals surface area contributed by atoms with Crippen molar-refractivity contribution in [3.63, 3.8) is 0 Å². The molecule has 0 spiro atoms. The number of anilines is 1. The number of carboxylic acid groups (broad SMARTS) is 1. The lowest BCUT2D eigenvalue weighted by Crippen LogP contribution is -2.46. The maximum Gasteiger partial charge on any atom is 0.335 e. The first-order valence-corrected chi connectivity index (χ1v) is 10.0. The average molecular weight is 397 g/mol. The Morgan fingerprint density at radius 2 is 1.67 bits per heavy atom. The van der Waals surface area contributed by atoms with E-state index >= 15 is 0 Å². The molecule has 0 aromatic heterocycles. The van der Waals surface area contributed by atoms with Gasteiger partial charge in [-0.15, -0.1) is 0 Å². The highest BCUT2D eigenvalue weighted by Gasteiger charge is 2.19. The predicted molar refractivity (Wildman–Crippen MR) is 117 cm³/mol. The number of carbonyl (C=O) groups is 1. The van der Waals surface area contributed by atoms with Crippen LogP contribution in [0.15, 0.2) is 72.8 Å². The summed E-state index contributed by atoms with van der Waals surface area (Å²) in [7, 11) is 0. The van der Waals surface area contributed by atoms with E-state index in [4.69, 9.17) is 5.11 Å². The molecule has 0 radical (unpaired) electrons. The molecule has 4 rings (SSSR count). The van der Waals surface area contributed by atoms with Crippen LogP contribution in [0.5, 0.6) is 0 Å². The van der Waals surface area contributed by atoms with E-state index in [9.17, 15) is 10.1 Å². The van der Waals surface area contributed by atoms with Gasteiger partial charge in [-0.25, -0.2) is 4.79 Å². The lowest BCUT2D eigenvalue weighted by Gasteiger charge is -2.36. The minimum atomic E-state index is -0.898. The Morgan fingerprint density at radius 1 is 0.933 bits per heavy atom. The van der Waals surface area contributed by atoms with Gasteiger partial charge in [0.1, 0.15) is 0 Å². The zero-order valence-corrected chi connectivity index (χ0v) is 16.7. The summed E-state index contributed by atoms with van der Waals surface area (Å²) in [6.07, 6.45) is 0. The molecule has 0 saturated carbocycles. The van der Waals surface area contributed by atoms with Crippen LogP contribution in [0.1, 0.15) is 21.5 Å². The first kappa shape index (κ1) is 19.7. The van der Waals surface area contributed by atoms with Gasteiger partial charge >= 0.3 is 5.97 Å². The van der Waals surface area contributed by atoms with E-state index in [1.807, 2.05) is 36.4 Å². The Labute approximate surface area is 176 Å². The van der Waals surface area contributed by atoms with Crippen molar-refractivity contribution < 1.29 is 9.90 Å². The molecule has 150 valence electrons. The van der Waals surface area contributed by atoms with Crippen molar-refractivity contribution in [2.45, 2.75) is 6.54 Å². The van der Waals surface area contributed by atoms with Gasteiger partial charge in [0, 0.05) is 38.4 Å². The number of rotatable bonds is 5. The summed E-state index contributed by atoms with van der Waals surface area (Å²) in [4.78, 5) is 15.8. The number of carboxylic acids is 1. The van der Waals surface area contributed by atoms with Crippen molar-refractivity contribution in [1.29, 1.82) is 5.26 Å². The highest BCUT2D eigenvalue weighted by atomic mass is 16.4. The fourth-order valence-corrected chi connectivity index (χ4v) is 3.92. The Hall–Kier alpha value is -3.62. The number of piperazine rings is 1. The highest BCUT2D eigenvalue weighted by Crippen LogP contribution is 2.26. The Morgan fingerprint density at radius 3 is 2.37 bits per heavy atom. The van der Waals surface area contributed by atoms with Crippen molar-refractivity contribution in [2.24, 2.45) is 0 Å². The molecule has 1 heterocycles. The summed E-state index contributed by atoms with van der Waals surface area (Å²) in [5.74, 6) is -0.898. The van der Waals surface area contributed by atoms with Crippen LogP contribution in [-0.2, 0) is 6.54 Å². The van der Waals surface area contributed by atoms with Crippen molar-refractivity contribution in [1.82, 2.24) is 4.90 Å². The molecule has 1 aliphatic heterocycles. The lowest BCUT2D eigenvalue weighted by molar-refractivity contribution is 0.0697. The normalized spacial score (nSPS) is 14.3. The Bertz CT molecular complexity index is 1080. The number of hydrogen-bond acceptors (Lipinski definition) is 4. The fourth-order valence-electron chi connectivity index (χ4n) is 3.92. The fraction of sp³-hybridized carbons (Fsp3) is 0.200. The molecule has 1 fully saturated rings. The number of nitriles is 1. The molecule has 3 aromatic rings. The first-order valence-electron chi connectivity index (χ1n) is 10.0. The Kier molecular flexibility index (Phi) is 5.78. The van der Waals surface area contributed by atoms with Crippen LogP contribution in [0, 0.1) is 11.3 Å². The maximum absolute atomic E-state index is 11.0. The molecule has 30 heavy (non-hydrogen) atoms. The van der Waals surface area contributed by atoms with Crippen LogP contribution in [0.2, 0.25) is 0 Å². The molecule has 5 heteroatoms. The van der Waals surface area contributed by atoms with Gasteiger partial charge < -0.3 is 10.0 Å². The number of hydrogen-bond donors (Lipinski definition) is 1. The minimum Gasteiger partial charge on any atom is -0.478 e. The largest absolute Gasteiger partial charge is 0.478 e. The summed E-state index contributed by atoms with van der Waals surface area (Å²) in [6, 6.07) is 25.4. The van der Waals surface area contributed by atoms with Gasteiger partial charge in [0.25, 0.3) is 0 Å². The number of aromatic carboxylic acids is 1. The number of nitrogens with zero attached hydrogens (tertiary/aromatic N) is 3. The van der Waals surface area contributed by atoms with E-state index in [1.54, 1.807) is 12.1 Å². The summed E-state index contributed by atoms with van der Waals surface area (Å²) < 4.78 is 0. The van der Waals surface area contributed by atoms with Crippen molar-refractivity contribution in [3.05, 3.63) is 89.5 Å². The van der Waals surface area contributed by atoms with Gasteiger partial charge in [-0.2, -0.15) is 5.26 Å². The molecular formula is C25H23N3O2. The molecule has 3 aromatic carbocycles. The first-order chi connectivity index (χ1) is 14.6. The molecule has 0 atom stereocenters. The predicted octanol–water partition coefficient (Wildman–Crippen LogP) is 4.25. The molecule has 0 amide bonds. The lowest BCUT2D eigenvalue weighted by atomic mass is 9.98. The Balaban J connectivity index is 1.43. The summed E-state index contributed by atoms with van der Waals surface area (Å²) in [5.41, 5.74) is 5.54. The third kappa shape index (κ3) is 4.35. The van der Waals surface area contributed by atoms with Crippen LogP contribution in [0.4, 0.5) is 5.69 Å². The van der Waals surface area contributed by atoms with Crippen molar-refractivity contribution in [3.8, 4) is 17.2 Å². The molecule has 1 saturated heterocycles. The third-order valence-corrected chi connectivity index (χ3v) is 5.57. The second-order valence-electron chi connectivity index (χ2n) is 7.46. The second kappa shape index (κ2) is 8.81. The third-order valence-electron chi connectivity index (χ3n) is 5.57. The summed E-state index contributed by atoms with van der Waals surface area (Å²) in [6.45, 7) is 4.54. The van der Waals surface area contributed by atoms with E-state index in [-0.39, 0.29) is 0 Å². The smallest absolute Gasteiger partial charge is 0.335 e. The van der Waals surface area contributed by atoms with Crippen LogP contribution in [0.3, 0.4) is 0 Å². The molecule has 0 aliphatic carbocycles. The molecule has 1 N–H and O–H groups in total. The summed E-state index contributed by atoms with van der Waals surface area (Å²) >= 11 is 0. The highest BCUT2D eigenvalue weighted by molar-refractivity contribution is 5.88.